The van der Waals surface area contributed by atoms with E-state index in [2.05, 4.69) is 63.3 Å². The summed E-state index contributed by atoms with van der Waals surface area (Å²) in [6.45, 7) is 6.53. The van der Waals surface area contributed by atoms with E-state index in [1.165, 1.54) is 28.7 Å². The van der Waals surface area contributed by atoms with Crippen molar-refractivity contribution >= 4 is 34.1 Å². The van der Waals surface area contributed by atoms with Gasteiger partial charge < -0.3 is 5.32 Å². The molecule has 4 aromatic rings. The highest BCUT2D eigenvalue weighted by Crippen LogP contribution is 2.27. The van der Waals surface area contributed by atoms with Gasteiger partial charge in [-0.3, -0.25) is 14.3 Å². The lowest BCUT2D eigenvalue weighted by atomic mass is 10.1. The van der Waals surface area contributed by atoms with Crippen LogP contribution in [0.1, 0.15) is 18.9 Å². The van der Waals surface area contributed by atoms with E-state index in [9.17, 15) is 4.79 Å². The summed E-state index contributed by atoms with van der Waals surface area (Å²) in [6.07, 6.45) is 7.40. The van der Waals surface area contributed by atoms with Gasteiger partial charge in [-0.25, -0.2) is 4.98 Å². The Labute approximate surface area is 201 Å². The predicted molar refractivity (Wildman–Crippen MR) is 134 cm³/mol. The van der Waals surface area contributed by atoms with Crippen LogP contribution in [0.4, 0.5) is 5.13 Å². The molecule has 0 bridgehead atoms. The molecule has 1 N–H and O–H groups in total. The van der Waals surface area contributed by atoms with Crippen molar-refractivity contribution in [3.63, 3.8) is 0 Å². The second-order valence-electron chi connectivity index (χ2n) is 7.26. The maximum Gasteiger partial charge on any atom is 0.236 e. The van der Waals surface area contributed by atoms with Crippen LogP contribution >= 0.6 is 23.1 Å². The van der Waals surface area contributed by atoms with Gasteiger partial charge in [-0.05, 0) is 24.1 Å². The molecule has 4 rings (SSSR count). The van der Waals surface area contributed by atoms with E-state index in [4.69, 9.17) is 0 Å². The van der Waals surface area contributed by atoms with Crippen molar-refractivity contribution in [3.05, 3.63) is 72.4 Å². The van der Waals surface area contributed by atoms with Gasteiger partial charge in [0, 0.05) is 35.4 Å². The SMILES string of the molecule is C=CCn1c(SCC(=O)Nc2nc(-c3ccc(CCC)cc3)cs2)nnc1-c1ccncc1. The zero-order valence-corrected chi connectivity index (χ0v) is 19.9. The fourth-order valence-corrected chi connectivity index (χ4v) is 4.77. The van der Waals surface area contributed by atoms with E-state index in [0.717, 1.165) is 35.5 Å². The molecule has 33 heavy (non-hydrogen) atoms. The summed E-state index contributed by atoms with van der Waals surface area (Å²) in [5.41, 5.74) is 4.13. The first-order valence-electron chi connectivity index (χ1n) is 10.6. The number of amides is 1. The fourth-order valence-electron chi connectivity index (χ4n) is 3.28. The molecule has 0 unspecified atom stereocenters. The van der Waals surface area contributed by atoms with Crippen LogP contribution in [0.15, 0.2) is 72.0 Å². The van der Waals surface area contributed by atoms with Gasteiger partial charge >= 0.3 is 0 Å². The number of anilines is 1. The number of thioether (sulfide) groups is 1. The van der Waals surface area contributed by atoms with Gasteiger partial charge in [-0.1, -0.05) is 55.4 Å². The molecule has 0 aliphatic rings. The third-order valence-corrected chi connectivity index (χ3v) is 6.56. The highest BCUT2D eigenvalue weighted by molar-refractivity contribution is 7.99. The first kappa shape index (κ1) is 22.9. The summed E-state index contributed by atoms with van der Waals surface area (Å²) in [7, 11) is 0. The molecule has 0 aliphatic heterocycles. The lowest BCUT2D eigenvalue weighted by molar-refractivity contribution is -0.113. The number of allylic oxidation sites excluding steroid dienone is 1. The molecule has 0 saturated heterocycles. The second-order valence-corrected chi connectivity index (χ2v) is 9.06. The molecule has 168 valence electrons. The molecule has 1 aromatic carbocycles. The van der Waals surface area contributed by atoms with Gasteiger partial charge in [0.1, 0.15) is 0 Å². The molecule has 0 radical (unpaired) electrons. The summed E-state index contributed by atoms with van der Waals surface area (Å²) in [5.74, 6) is 0.777. The molecule has 3 aromatic heterocycles. The maximum atomic E-state index is 12.5. The number of hydrogen-bond acceptors (Lipinski definition) is 7. The highest BCUT2D eigenvalue weighted by Gasteiger charge is 2.15. The van der Waals surface area contributed by atoms with Crippen LogP contribution in [0.3, 0.4) is 0 Å². The zero-order valence-electron chi connectivity index (χ0n) is 18.3. The van der Waals surface area contributed by atoms with E-state index in [1.807, 2.05) is 22.1 Å². The molecule has 7 nitrogen and oxygen atoms in total. The second kappa shape index (κ2) is 11.0. The Morgan fingerprint density at radius 1 is 1.15 bits per heavy atom. The quantitative estimate of drug-likeness (QED) is 0.246. The smallest absolute Gasteiger partial charge is 0.236 e. The van der Waals surface area contributed by atoms with Gasteiger partial charge in [0.05, 0.1) is 11.4 Å². The van der Waals surface area contributed by atoms with Gasteiger partial charge in [-0.15, -0.1) is 28.1 Å². The van der Waals surface area contributed by atoms with Crippen LogP contribution in [0.25, 0.3) is 22.6 Å². The first-order valence-corrected chi connectivity index (χ1v) is 12.5. The lowest BCUT2D eigenvalue weighted by Crippen LogP contribution is -2.14. The van der Waals surface area contributed by atoms with Crippen LogP contribution < -0.4 is 5.32 Å². The molecule has 0 aliphatic carbocycles. The van der Waals surface area contributed by atoms with Gasteiger partial charge in [0.15, 0.2) is 16.1 Å². The van der Waals surface area contributed by atoms with Crippen LogP contribution in [0.5, 0.6) is 0 Å². The number of hydrogen-bond donors (Lipinski definition) is 1. The van der Waals surface area contributed by atoms with E-state index in [-0.39, 0.29) is 11.7 Å². The number of thiazole rings is 1. The summed E-state index contributed by atoms with van der Waals surface area (Å²) < 4.78 is 1.93. The molecule has 0 spiro atoms. The number of benzene rings is 1. The van der Waals surface area contributed by atoms with Crippen molar-refractivity contribution in [2.24, 2.45) is 0 Å². The number of aromatic nitrogens is 5. The van der Waals surface area contributed by atoms with E-state index < -0.39 is 0 Å². The third-order valence-electron chi connectivity index (χ3n) is 4.84. The maximum absolute atomic E-state index is 12.5. The standard InChI is InChI=1S/C24H24N6OS2/c1-3-5-17-6-8-18(9-7-17)20-15-32-23(26-20)27-21(31)16-33-24-29-28-22(30(24)14-4-2)19-10-12-25-13-11-19/h4,6-13,15H,2-3,5,14,16H2,1H3,(H,26,27,31). The molecule has 0 saturated carbocycles. The molecule has 9 heteroatoms. The average Bonchev–Trinajstić information content (AvgIpc) is 3.46. The summed E-state index contributed by atoms with van der Waals surface area (Å²) >= 11 is 2.75. The Morgan fingerprint density at radius 2 is 1.94 bits per heavy atom. The largest absolute Gasteiger partial charge is 0.301 e. The zero-order chi connectivity index (χ0) is 23.0. The molecule has 1 amide bonds. The van der Waals surface area contributed by atoms with Crippen molar-refractivity contribution in [1.82, 2.24) is 24.7 Å². The topological polar surface area (TPSA) is 85.6 Å². The number of pyridine rings is 1. The third kappa shape index (κ3) is 5.74. The number of carbonyl (C=O) groups is 1. The van der Waals surface area contributed by atoms with Gasteiger partial charge in [0.25, 0.3) is 0 Å². The van der Waals surface area contributed by atoms with E-state index >= 15 is 0 Å². The van der Waals surface area contributed by atoms with Crippen molar-refractivity contribution in [1.29, 1.82) is 0 Å². The average molecular weight is 477 g/mol. The van der Waals surface area contributed by atoms with Crippen LogP contribution in [-0.4, -0.2) is 36.4 Å². The van der Waals surface area contributed by atoms with E-state index in [0.29, 0.717) is 16.8 Å². The number of aryl methyl sites for hydroxylation is 1. The Kier molecular flexibility index (Phi) is 7.64. The highest BCUT2D eigenvalue weighted by atomic mass is 32.2. The summed E-state index contributed by atoms with van der Waals surface area (Å²) in [4.78, 5) is 21.2. The lowest BCUT2D eigenvalue weighted by Gasteiger charge is -2.07. The number of rotatable bonds is 10. The molecule has 0 atom stereocenters. The van der Waals surface area contributed by atoms with Crippen molar-refractivity contribution in [3.8, 4) is 22.6 Å². The van der Waals surface area contributed by atoms with Gasteiger partial charge in [0.2, 0.25) is 5.91 Å². The molecular weight excluding hydrogens is 452 g/mol. The fraction of sp³-hybridized carbons (Fsp3) is 0.208. The monoisotopic (exact) mass is 476 g/mol. The number of nitrogens with zero attached hydrogens (tertiary/aromatic N) is 5. The Hall–Kier alpha value is -3.30. The first-order chi connectivity index (χ1) is 16.2. The van der Waals surface area contributed by atoms with Gasteiger partial charge in [-0.2, -0.15) is 0 Å². The minimum atomic E-state index is -0.141. The number of carbonyl (C=O) groups excluding carboxylic acids is 1. The van der Waals surface area contributed by atoms with E-state index in [1.54, 1.807) is 18.5 Å². The Morgan fingerprint density at radius 3 is 2.67 bits per heavy atom. The Bertz CT molecular complexity index is 1220. The molecule has 0 fully saturated rings. The molecular formula is C24H24N6OS2. The predicted octanol–water partition coefficient (Wildman–Crippen LogP) is 5.33. The summed E-state index contributed by atoms with van der Waals surface area (Å²) in [5, 5.41) is 14.6. The van der Waals surface area contributed by atoms with Crippen molar-refractivity contribution in [2.45, 2.75) is 31.5 Å². The van der Waals surface area contributed by atoms with Crippen molar-refractivity contribution in [2.75, 3.05) is 11.1 Å². The van der Waals surface area contributed by atoms with Crippen LogP contribution in [-0.2, 0) is 17.8 Å². The van der Waals surface area contributed by atoms with Crippen molar-refractivity contribution < 1.29 is 4.79 Å². The normalized spacial score (nSPS) is 10.8. The minimum absolute atomic E-state index is 0.141. The molecule has 3 heterocycles. The van der Waals surface area contributed by atoms with Crippen LogP contribution in [0, 0.1) is 0 Å². The summed E-state index contributed by atoms with van der Waals surface area (Å²) in [6, 6.07) is 12.2. The number of nitrogens with one attached hydrogen (secondary N) is 1. The van der Waals surface area contributed by atoms with Crippen LogP contribution in [0.2, 0.25) is 0 Å². The minimum Gasteiger partial charge on any atom is -0.301 e. The Balaban J connectivity index is 1.38.